The van der Waals surface area contributed by atoms with E-state index in [1.165, 1.54) is 49.1 Å². The van der Waals surface area contributed by atoms with Crippen LogP contribution in [0.3, 0.4) is 0 Å². The van der Waals surface area contributed by atoms with E-state index < -0.39 is 0 Å². The molecule has 0 spiro atoms. The number of thiazole rings is 1. The van der Waals surface area contributed by atoms with Crippen molar-refractivity contribution in [1.29, 1.82) is 0 Å². The summed E-state index contributed by atoms with van der Waals surface area (Å²) in [6, 6.07) is 12.6. The second-order valence-corrected chi connectivity index (χ2v) is 10.3. The Hall–Kier alpha value is -2.70. The Morgan fingerprint density at radius 1 is 1.00 bits per heavy atom. The average Bonchev–Trinajstić information content (AvgIpc) is 3.18. The lowest BCUT2D eigenvalue weighted by molar-refractivity contribution is -0.870. The summed E-state index contributed by atoms with van der Waals surface area (Å²) in [6.45, 7) is 2.30. The van der Waals surface area contributed by atoms with Gasteiger partial charge in [0.25, 0.3) is 0 Å². The monoisotopic (exact) mass is 449 g/mol. The van der Waals surface area contributed by atoms with E-state index in [1.54, 1.807) is 18.4 Å². The van der Waals surface area contributed by atoms with Crippen LogP contribution < -0.4 is 9.64 Å². The number of para-hydroxylation sites is 1. The summed E-state index contributed by atoms with van der Waals surface area (Å²) in [5, 5.41) is 0.959. The molecule has 168 valence electrons. The van der Waals surface area contributed by atoms with Gasteiger partial charge in [-0.15, -0.1) is 11.3 Å². The minimum atomic E-state index is 0.595. The number of fused-ring (bicyclic) bond motifs is 2. The van der Waals surface area contributed by atoms with Gasteiger partial charge in [-0.1, -0.05) is 24.6 Å². The van der Waals surface area contributed by atoms with Gasteiger partial charge in [-0.2, -0.15) is 4.98 Å². The van der Waals surface area contributed by atoms with Crippen LogP contribution in [0.25, 0.3) is 22.0 Å². The summed E-state index contributed by atoms with van der Waals surface area (Å²) >= 11 is 1.65. The predicted octanol–water partition coefficient (Wildman–Crippen LogP) is 5.84. The van der Waals surface area contributed by atoms with Crippen molar-refractivity contribution >= 4 is 39.0 Å². The third kappa shape index (κ3) is 5.56. The van der Waals surface area contributed by atoms with Crippen molar-refractivity contribution in [3.63, 3.8) is 0 Å². The van der Waals surface area contributed by atoms with Gasteiger partial charge in [-0.25, -0.2) is 4.98 Å². The number of hydrogen-bond acceptors (Lipinski definition) is 5. The molecule has 5 nitrogen and oxygen atoms in total. The molecule has 0 N–H and O–H groups in total. The van der Waals surface area contributed by atoms with Gasteiger partial charge < -0.3 is 14.1 Å². The smallest absolute Gasteiger partial charge is 0.215 e. The molecule has 3 heterocycles. The van der Waals surface area contributed by atoms with Crippen molar-refractivity contribution in [2.24, 2.45) is 0 Å². The highest BCUT2D eigenvalue weighted by molar-refractivity contribution is 7.19. The van der Waals surface area contributed by atoms with Gasteiger partial charge in [0.2, 0.25) is 5.88 Å². The zero-order valence-electron chi connectivity index (χ0n) is 19.5. The summed E-state index contributed by atoms with van der Waals surface area (Å²) in [7, 11) is 8.43. The minimum absolute atomic E-state index is 0.595. The molecule has 1 aliphatic rings. The molecular formula is C26H33N4OS+. The van der Waals surface area contributed by atoms with Crippen LogP contribution >= 0.6 is 11.3 Å². The normalized spacial score (nSPS) is 14.9. The first-order valence-corrected chi connectivity index (χ1v) is 12.1. The Labute approximate surface area is 195 Å². The number of unbranched alkanes of at least 4 members (excludes halogenated alkanes) is 3. The number of aromatic nitrogens is 2. The first kappa shape index (κ1) is 22.5. The van der Waals surface area contributed by atoms with Crippen molar-refractivity contribution in [3.8, 4) is 5.88 Å². The summed E-state index contributed by atoms with van der Waals surface area (Å²) in [5.74, 6) is 0.595. The molecule has 0 radical (unpaired) electrons. The number of pyridine rings is 1. The quantitative estimate of drug-likeness (QED) is 0.304. The maximum absolute atomic E-state index is 5.23. The molecule has 32 heavy (non-hydrogen) atoms. The molecular weight excluding hydrogens is 416 g/mol. The van der Waals surface area contributed by atoms with E-state index in [9.17, 15) is 0 Å². The number of allylic oxidation sites excluding steroid dienone is 2. The van der Waals surface area contributed by atoms with Crippen LogP contribution in [-0.4, -0.2) is 55.8 Å². The lowest BCUT2D eigenvalue weighted by Crippen LogP contribution is -2.35. The molecule has 0 saturated carbocycles. The standard InChI is InChI=1S/C26H33N4OS/c1-30(2,3)18-10-6-5-9-16-29-17-15-20(21-11-7-8-12-22(21)29)19-25-28-26-23(32-25)13-14-24(27-26)31-4/h7-8,11-15,17,19H,5-6,9-10,16,18H2,1-4H3/q+1. The number of rotatable bonds is 9. The zero-order chi connectivity index (χ0) is 22.6. The van der Waals surface area contributed by atoms with Gasteiger partial charge in [0, 0.05) is 30.1 Å². The van der Waals surface area contributed by atoms with Crippen LogP contribution in [-0.2, 0) is 0 Å². The van der Waals surface area contributed by atoms with E-state index in [2.05, 4.69) is 73.6 Å². The van der Waals surface area contributed by atoms with Crippen molar-refractivity contribution in [3.05, 3.63) is 59.2 Å². The van der Waals surface area contributed by atoms with Crippen LogP contribution in [0.5, 0.6) is 5.88 Å². The van der Waals surface area contributed by atoms with Gasteiger partial charge in [-0.05, 0) is 49.1 Å². The predicted molar refractivity (Wildman–Crippen MR) is 136 cm³/mol. The van der Waals surface area contributed by atoms with Crippen LogP contribution in [0.1, 0.15) is 36.3 Å². The maximum atomic E-state index is 5.23. The van der Waals surface area contributed by atoms with E-state index in [0.717, 1.165) is 26.4 Å². The van der Waals surface area contributed by atoms with Crippen molar-refractivity contribution in [2.45, 2.75) is 25.7 Å². The number of hydrogen-bond donors (Lipinski definition) is 0. The fourth-order valence-electron chi connectivity index (χ4n) is 3.98. The number of benzene rings is 1. The number of quaternary nitrogens is 1. The lowest BCUT2D eigenvalue weighted by atomic mass is 9.99. The van der Waals surface area contributed by atoms with E-state index >= 15 is 0 Å². The second-order valence-electron chi connectivity index (χ2n) is 9.28. The van der Waals surface area contributed by atoms with Crippen LogP contribution in [0, 0.1) is 0 Å². The van der Waals surface area contributed by atoms with E-state index in [4.69, 9.17) is 9.72 Å². The average molecular weight is 450 g/mol. The lowest BCUT2D eigenvalue weighted by Gasteiger charge is -2.28. The number of methoxy groups -OCH3 is 1. The Morgan fingerprint density at radius 3 is 2.62 bits per heavy atom. The number of ether oxygens (including phenoxy) is 1. The van der Waals surface area contributed by atoms with E-state index in [1.807, 2.05) is 12.1 Å². The molecule has 0 aliphatic carbocycles. The van der Waals surface area contributed by atoms with Crippen LogP contribution in [0.4, 0.5) is 5.69 Å². The first-order chi connectivity index (χ1) is 15.4. The Morgan fingerprint density at radius 2 is 1.81 bits per heavy atom. The molecule has 0 bridgehead atoms. The molecule has 0 fully saturated rings. The van der Waals surface area contributed by atoms with Gasteiger partial charge in [0.05, 0.1) is 39.5 Å². The molecule has 1 aliphatic heterocycles. The summed E-state index contributed by atoms with van der Waals surface area (Å²) in [4.78, 5) is 11.5. The highest BCUT2D eigenvalue weighted by atomic mass is 32.1. The highest BCUT2D eigenvalue weighted by Crippen LogP contribution is 2.35. The molecule has 4 rings (SSSR count). The molecule has 0 amide bonds. The summed E-state index contributed by atoms with van der Waals surface area (Å²) in [6.07, 6.45) is 11.7. The third-order valence-corrected chi connectivity index (χ3v) is 6.63. The Kier molecular flexibility index (Phi) is 6.92. The fraction of sp³-hybridized carbons (Fsp3) is 0.385. The van der Waals surface area contributed by atoms with Crippen molar-refractivity contribution in [2.75, 3.05) is 46.2 Å². The van der Waals surface area contributed by atoms with Gasteiger partial charge in [0.1, 0.15) is 5.01 Å². The van der Waals surface area contributed by atoms with E-state index in [-0.39, 0.29) is 0 Å². The third-order valence-electron chi connectivity index (χ3n) is 5.67. The SMILES string of the molecule is COc1ccc2sc(C=C3C=CN(CCCCCC[N+](C)(C)C)c4ccccc43)nc2n1. The molecule has 1 aromatic carbocycles. The number of anilines is 1. The molecule has 2 aromatic heterocycles. The second kappa shape index (κ2) is 9.84. The fourth-order valence-corrected chi connectivity index (χ4v) is 4.84. The Balaban J connectivity index is 1.45. The Bertz CT molecular complexity index is 1130. The topological polar surface area (TPSA) is 38.2 Å². The molecule has 0 saturated heterocycles. The van der Waals surface area contributed by atoms with Crippen molar-refractivity contribution < 1.29 is 9.22 Å². The van der Waals surface area contributed by atoms with Crippen LogP contribution in [0.2, 0.25) is 0 Å². The molecule has 6 heteroatoms. The largest absolute Gasteiger partial charge is 0.481 e. The van der Waals surface area contributed by atoms with Crippen LogP contribution in [0.15, 0.2) is 48.7 Å². The molecule has 0 atom stereocenters. The molecule has 3 aromatic rings. The van der Waals surface area contributed by atoms with Gasteiger partial charge in [-0.3, -0.25) is 0 Å². The summed E-state index contributed by atoms with van der Waals surface area (Å²) in [5.41, 5.74) is 4.45. The summed E-state index contributed by atoms with van der Waals surface area (Å²) < 4.78 is 7.35. The van der Waals surface area contributed by atoms with Crippen molar-refractivity contribution in [1.82, 2.24) is 9.97 Å². The van der Waals surface area contributed by atoms with Gasteiger partial charge >= 0.3 is 0 Å². The van der Waals surface area contributed by atoms with Gasteiger partial charge in [0.15, 0.2) is 5.65 Å². The highest BCUT2D eigenvalue weighted by Gasteiger charge is 2.16. The molecule has 0 unspecified atom stereocenters. The first-order valence-electron chi connectivity index (χ1n) is 11.3. The number of nitrogens with zero attached hydrogens (tertiary/aromatic N) is 4. The maximum Gasteiger partial charge on any atom is 0.215 e. The van der Waals surface area contributed by atoms with E-state index in [0.29, 0.717) is 5.88 Å². The minimum Gasteiger partial charge on any atom is -0.481 e. The zero-order valence-corrected chi connectivity index (χ0v) is 20.4.